The third-order valence-electron chi connectivity index (χ3n) is 5.81. The highest BCUT2D eigenvalue weighted by Crippen LogP contribution is 2.41. The predicted octanol–water partition coefficient (Wildman–Crippen LogP) is 2.74. The number of hydrogen-bond donors (Lipinski definition) is 7. The molecule has 0 aromatic heterocycles. The van der Waals surface area contributed by atoms with Gasteiger partial charge in [0.25, 0.3) is 0 Å². The van der Waals surface area contributed by atoms with E-state index in [1.54, 1.807) is 26.8 Å². The summed E-state index contributed by atoms with van der Waals surface area (Å²) in [5.41, 5.74) is -0.300. The van der Waals surface area contributed by atoms with Gasteiger partial charge >= 0.3 is 19.9 Å². The number of aliphatic hydroxyl groups is 1. The summed E-state index contributed by atoms with van der Waals surface area (Å²) in [6, 6.07) is 3.49. The lowest BCUT2D eigenvalue weighted by Crippen LogP contribution is -2.41. The monoisotopic (exact) mass is 677 g/mol. The fourth-order valence-corrected chi connectivity index (χ4v) is 4.21. The molecule has 0 fully saturated rings. The Balaban J connectivity index is 2.70. The van der Waals surface area contributed by atoms with Gasteiger partial charge in [0.15, 0.2) is 5.75 Å². The van der Waals surface area contributed by atoms with Gasteiger partial charge in [-0.15, -0.1) is 0 Å². The number of aliphatic hydroxyl groups excluding tert-OH is 1. The molecule has 1 unspecified atom stereocenters. The van der Waals surface area contributed by atoms with E-state index in [-0.39, 0.29) is 50.5 Å². The van der Waals surface area contributed by atoms with Crippen LogP contribution >= 0.6 is 7.82 Å². The largest absolute Gasteiger partial charge is 0.524 e. The average molecular weight is 678 g/mol. The van der Waals surface area contributed by atoms with Crippen LogP contribution < -0.4 is 20.5 Å². The second kappa shape index (κ2) is 21.5. The smallest absolute Gasteiger partial charge is 0.516 e. The normalized spacial score (nSPS) is 13.3. The Morgan fingerprint density at radius 1 is 1.00 bits per heavy atom. The number of ether oxygens (including phenoxy) is 4. The van der Waals surface area contributed by atoms with E-state index in [0.29, 0.717) is 38.5 Å². The molecule has 46 heavy (non-hydrogen) atoms. The SMILES string of the molecule is CC(C[C@H](Cc1ccc(OP(=O)(O)O)c(NC(=O)CCOCCOCCOCCNC/C=C\O)c1)NC(=O)OC(C)(C)C)C(=O)O. The standard InChI is InChI=1S/C29H48N3O13P/c1-21(27(35)36)18-23(31-28(37)44-29(2,3)4)19-22-6-7-25(45-46(38,39)40)24(20-22)32-26(34)8-12-41-14-16-43-17-15-42-13-10-30-9-5-11-33/h5-7,11,20-21,23,30,33H,8-10,12-19H2,1-4H3,(H,31,37)(H,32,34)(H,35,36)(H2,38,39,40)/b11-5-/t21?,23-/m1/s1. The van der Waals surface area contributed by atoms with Gasteiger partial charge < -0.3 is 49.6 Å². The Morgan fingerprint density at radius 2 is 1.63 bits per heavy atom. The number of phosphoric acid groups is 1. The molecule has 0 saturated carbocycles. The second-order valence-electron chi connectivity index (χ2n) is 11.2. The van der Waals surface area contributed by atoms with Crippen molar-refractivity contribution in [3.05, 3.63) is 36.1 Å². The summed E-state index contributed by atoms with van der Waals surface area (Å²) in [7, 11) is -4.97. The maximum atomic E-state index is 12.6. The van der Waals surface area contributed by atoms with Crippen LogP contribution in [0.25, 0.3) is 0 Å². The molecular weight excluding hydrogens is 629 g/mol. The summed E-state index contributed by atoms with van der Waals surface area (Å²) < 4.78 is 37.8. The fraction of sp³-hybridized carbons (Fsp3) is 0.621. The Kier molecular flexibility index (Phi) is 19.1. The van der Waals surface area contributed by atoms with Crippen molar-refractivity contribution in [1.82, 2.24) is 10.6 Å². The molecule has 1 rings (SSSR count). The number of amides is 2. The third kappa shape index (κ3) is 20.7. The number of anilines is 1. The van der Waals surface area contributed by atoms with E-state index in [0.717, 1.165) is 6.26 Å². The first-order chi connectivity index (χ1) is 21.6. The molecule has 0 saturated heterocycles. The minimum absolute atomic E-state index is 0.0310. The lowest BCUT2D eigenvalue weighted by Gasteiger charge is -2.25. The highest BCUT2D eigenvalue weighted by molar-refractivity contribution is 7.46. The van der Waals surface area contributed by atoms with Crippen molar-refractivity contribution >= 4 is 31.5 Å². The van der Waals surface area contributed by atoms with E-state index in [1.165, 1.54) is 25.1 Å². The van der Waals surface area contributed by atoms with Crippen LogP contribution in [-0.4, -0.2) is 102 Å². The quantitative estimate of drug-likeness (QED) is 0.0502. The number of benzene rings is 1. The first-order valence-electron chi connectivity index (χ1n) is 14.7. The third-order valence-corrected chi connectivity index (χ3v) is 6.24. The van der Waals surface area contributed by atoms with E-state index in [4.69, 9.17) is 28.6 Å². The Labute approximate surface area is 269 Å². The Bertz CT molecular complexity index is 1150. The molecule has 0 radical (unpaired) electrons. The number of carbonyl (C=O) groups excluding carboxylic acids is 2. The molecule has 2 atom stereocenters. The van der Waals surface area contributed by atoms with Gasteiger partial charge in [0.2, 0.25) is 5.91 Å². The zero-order valence-corrected chi connectivity index (χ0v) is 27.6. The van der Waals surface area contributed by atoms with Gasteiger partial charge in [-0.1, -0.05) is 13.0 Å². The minimum Gasteiger partial charge on any atom is -0.516 e. The van der Waals surface area contributed by atoms with Crippen LogP contribution in [0.15, 0.2) is 30.5 Å². The molecule has 262 valence electrons. The van der Waals surface area contributed by atoms with Crippen molar-refractivity contribution in [3.63, 3.8) is 0 Å². The molecule has 0 heterocycles. The number of carbonyl (C=O) groups is 3. The number of nitrogens with one attached hydrogen (secondary N) is 3. The molecule has 0 bridgehead atoms. The van der Waals surface area contributed by atoms with E-state index in [9.17, 15) is 33.8 Å². The topological polar surface area (TPSA) is 231 Å². The zero-order valence-electron chi connectivity index (χ0n) is 26.7. The zero-order chi connectivity index (χ0) is 34.6. The maximum absolute atomic E-state index is 12.6. The van der Waals surface area contributed by atoms with Gasteiger partial charge in [-0.3, -0.25) is 19.4 Å². The second-order valence-corrected chi connectivity index (χ2v) is 12.3. The number of phosphoric ester groups is 1. The van der Waals surface area contributed by atoms with Crippen molar-refractivity contribution in [1.29, 1.82) is 0 Å². The van der Waals surface area contributed by atoms with Crippen molar-refractivity contribution < 1.29 is 62.4 Å². The molecule has 0 spiro atoms. The van der Waals surface area contributed by atoms with Crippen LogP contribution in [0.5, 0.6) is 5.75 Å². The van der Waals surface area contributed by atoms with Crippen molar-refractivity contribution in [2.75, 3.05) is 58.0 Å². The predicted molar refractivity (Wildman–Crippen MR) is 168 cm³/mol. The summed E-state index contributed by atoms with van der Waals surface area (Å²) >= 11 is 0. The van der Waals surface area contributed by atoms with E-state index in [1.807, 2.05) is 0 Å². The average Bonchev–Trinajstić information content (AvgIpc) is 2.92. The van der Waals surface area contributed by atoms with Crippen molar-refractivity contribution in [3.8, 4) is 5.75 Å². The Morgan fingerprint density at radius 3 is 2.22 bits per heavy atom. The molecular formula is C29H48N3O13P. The number of hydrogen-bond acceptors (Lipinski definition) is 11. The van der Waals surface area contributed by atoms with Crippen LogP contribution in [0.2, 0.25) is 0 Å². The van der Waals surface area contributed by atoms with E-state index >= 15 is 0 Å². The molecule has 16 nitrogen and oxygen atoms in total. The number of carboxylic acids is 1. The number of rotatable bonds is 23. The minimum atomic E-state index is -4.97. The highest BCUT2D eigenvalue weighted by atomic mass is 31.2. The molecule has 2 amide bonds. The summed E-state index contributed by atoms with van der Waals surface area (Å²) in [6.45, 7) is 9.55. The first kappa shape index (κ1) is 40.8. The van der Waals surface area contributed by atoms with Gasteiger partial charge in [-0.25, -0.2) is 9.36 Å². The van der Waals surface area contributed by atoms with E-state index < -0.39 is 43.4 Å². The molecule has 1 aromatic rings. The van der Waals surface area contributed by atoms with Crippen LogP contribution in [-0.2, 0) is 39.5 Å². The highest BCUT2D eigenvalue weighted by Gasteiger charge is 2.25. The maximum Gasteiger partial charge on any atom is 0.524 e. The number of aliphatic carboxylic acids is 1. The van der Waals surface area contributed by atoms with Crippen LogP contribution in [0.1, 0.15) is 46.1 Å². The lowest BCUT2D eigenvalue weighted by molar-refractivity contribution is -0.141. The van der Waals surface area contributed by atoms with E-state index in [2.05, 4.69) is 16.0 Å². The van der Waals surface area contributed by atoms with Crippen LogP contribution in [0.4, 0.5) is 10.5 Å². The Hall–Kier alpha value is -3.24. The van der Waals surface area contributed by atoms with Gasteiger partial charge in [-0.05, 0) is 57.4 Å². The molecule has 0 aliphatic rings. The molecule has 1 aromatic carbocycles. The first-order valence-corrected chi connectivity index (χ1v) is 16.3. The lowest BCUT2D eigenvalue weighted by atomic mass is 9.96. The molecule has 7 N–H and O–H groups in total. The summed E-state index contributed by atoms with van der Waals surface area (Å²) in [4.78, 5) is 55.2. The summed E-state index contributed by atoms with van der Waals surface area (Å²) in [5, 5.41) is 26.2. The van der Waals surface area contributed by atoms with Crippen LogP contribution in [0, 0.1) is 5.92 Å². The number of carboxylic acid groups (broad SMARTS) is 1. The molecule has 17 heteroatoms. The molecule has 0 aliphatic heterocycles. The van der Waals surface area contributed by atoms with Gasteiger partial charge in [0.1, 0.15) is 5.60 Å². The molecule has 0 aliphatic carbocycles. The van der Waals surface area contributed by atoms with Crippen molar-refractivity contribution in [2.45, 2.75) is 58.6 Å². The van der Waals surface area contributed by atoms with Crippen LogP contribution in [0.3, 0.4) is 0 Å². The summed E-state index contributed by atoms with van der Waals surface area (Å²) in [5.74, 6) is -2.66. The van der Waals surface area contributed by atoms with Crippen molar-refractivity contribution in [2.24, 2.45) is 5.92 Å². The number of alkyl carbamates (subject to hydrolysis) is 1. The fourth-order valence-electron chi connectivity index (χ4n) is 3.79. The summed E-state index contributed by atoms with van der Waals surface area (Å²) in [6.07, 6.45) is 1.90. The van der Waals surface area contributed by atoms with Gasteiger partial charge in [0.05, 0.1) is 63.9 Å². The van der Waals surface area contributed by atoms with Gasteiger partial charge in [-0.2, -0.15) is 0 Å². The van der Waals surface area contributed by atoms with Gasteiger partial charge in [0, 0.05) is 19.1 Å².